The summed E-state index contributed by atoms with van der Waals surface area (Å²) in [4.78, 5) is 0. The van der Waals surface area contributed by atoms with E-state index in [1.54, 1.807) is 18.5 Å². The van der Waals surface area contributed by atoms with Crippen LogP contribution >= 0.6 is 0 Å². The Bertz CT molecular complexity index is 534. The number of nitrogens with zero attached hydrogens (tertiary/aromatic N) is 3. The summed E-state index contributed by atoms with van der Waals surface area (Å²) in [6.07, 6.45) is 1.60. The zero-order valence-corrected chi connectivity index (χ0v) is 10.4. The first kappa shape index (κ1) is 12.3. The third kappa shape index (κ3) is 2.80. The Morgan fingerprint density at radius 3 is 2.95 bits per heavy atom. The predicted octanol–water partition coefficient (Wildman–Crippen LogP) is 1.13. The minimum absolute atomic E-state index is 0.0725. The fourth-order valence-electron chi connectivity index (χ4n) is 2.15. The summed E-state index contributed by atoms with van der Waals surface area (Å²) < 4.78 is 20.5. The van der Waals surface area contributed by atoms with Gasteiger partial charge in [-0.15, -0.1) is 10.2 Å². The van der Waals surface area contributed by atoms with Crippen molar-refractivity contribution < 1.29 is 9.13 Å². The Morgan fingerprint density at radius 2 is 2.21 bits per heavy atom. The molecule has 0 amide bonds. The van der Waals surface area contributed by atoms with Gasteiger partial charge in [0, 0.05) is 13.1 Å². The van der Waals surface area contributed by atoms with Crippen molar-refractivity contribution in [2.45, 2.75) is 12.6 Å². The zero-order valence-electron chi connectivity index (χ0n) is 10.4. The normalized spacial score (nSPS) is 19.5. The average molecular weight is 262 g/mol. The van der Waals surface area contributed by atoms with Gasteiger partial charge in [-0.2, -0.15) is 0 Å². The van der Waals surface area contributed by atoms with E-state index in [1.165, 1.54) is 12.1 Å². The molecule has 1 aromatic carbocycles. The molecule has 3 rings (SSSR count). The van der Waals surface area contributed by atoms with Crippen molar-refractivity contribution >= 4 is 0 Å². The second kappa shape index (κ2) is 5.46. The SMILES string of the molecule is Fc1ccc(Cn2cnnc2C2CNCCO2)cc1. The minimum atomic E-state index is -0.229. The lowest BCUT2D eigenvalue weighted by molar-refractivity contribution is 0.0199. The van der Waals surface area contributed by atoms with Crippen LogP contribution in [-0.2, 0) is 11.3 Å². The first-order chi connectivity index (χ1) is 9.33. The van der Waals surface area contributed by atoms with Crippen LogP contribution in [0, 0.1) is 5.82 Å². The lowest BCUT2D eigenvalue weighted by Crippen LogP contribution is -2.34. The number of benzene rings is 1. The van der Waals surface area contributed by atoms with Crippen LogP contribution in [0.4, 0.5) is 4.39 Å². The Kier molecular flexibility index (Phi) is 3.52. The predicted molar refractivity (Wildman–Crippen MR) is 67.1 cm³/mol. The van der Waals surface area contributed by atoms with Crippen molar-refractivity contribution in [2.75, 3.05) is 19.7 Å². The van der Waals surface area contributed by atoms with E-state index in [4.69, 9.17) is 4.74 Å². The first-order valence-corrected chi connectivity index (χ1v) is 6.27. The molecule has 0 bridgehead atoms. The van der Waals surface area contributed by atoms with E-state index in [1.807, 2.05) is 4.57 Å². The smallest absolute Gasteiger partial charge is 0.163 e. The third-order valence-electron chi connectivity index (χ3n) is 3.13. The molecule has 1 aliphatic rings. The Balaban J connectivity index is 1.77. The highest BCUT2D eigenvalue weighted by Crippen LogP contribution is 2.17. The molecule has 1 saturated heterocycles. The Hall–Kier alpha value is -1.79. The van der Waals surface area contributed by atoms with Crippen LogP contribution in [0.5, 0.6) is 0 Å². The van der Waals surface area contributed by atoms with E-state index < -0.39 is 0 Å². The maximum absolute atomic E-state index is 12.9. The number of ether oxygens (including phenoxy) is 1. The number of halogens is 1. The van der Waals surface area contributed by atoms with E-state index in [0.717, 1.165) is 24.5 Å². The largest absolute Gasteiger partial charge is 0.368 e. The van der Waals surface area contributed by atoms with Crippen molar-refractivity contribution in [3.63, 3.8) is 0 Å². The van der Waals surface area contributed by atoms with Crippen LogP contribution in [0.25, 0.3) is 0 Å². The molecular weight excluding hydrogens is 247 g/mol. The van der Waals surface area contributed by atoms with Crippen LogP contribution in [-0.4, -0.2) is 34.5 Å². The van der Waals surface area contributed by atoms with Gasteiger partial charge < -0.3 is 14.6 Å². The van der Waals surface area contributed by atoms with Gasteiger partial charge in [0.2, 0.25) is 0 Å². The number of nitrogens with one attached hydrogen (secondary N) is 1. The van der Waals surface area contributed by atoms with Gasteiger partial charge in [0.15, 0.2) is 5.82 Å². The van der Waals surface area contributed by atoms with Crippen LogP contribution in [0.1, 0.15) is 17.5 Å². The molecule has 0 radical (unpaired) electrons. The van der Waals surface area contributed by atoms with Gasteiger partial charge in [-0.3, -0.25) is 0 Å². The molecule has 1 N–H and O–H groups in total. The Labute approximate surface area is 110 Å². The van der Waals surface area contributed by atoms with Crippen molar-refractivity contribution in [3.05, 3.63) is 47.8 Å². The van der Waals surface area contributed by atoms with Crippen LogP contribution < -0.4 is 5.32 Å². The van der Waals surface area contributed by atoms with Crippen LogP contribution in [0.15, 0.2) is 30.6 Å². The zero-order chi connectivity index (χ0) is 13.1. The number of rotatable bonds is 3. The molecular formula is C13H15FN4O. The fourth-order valence-corrected chi connectivity index (χ4v) is 2.15. The number of morpholine rings is 1. The molecule has 100 valence electrons. The molecule has 6 heteroatoms. The van der Waals surface area contributed by atoms with Crippen molar-refractivity contribution in [3.8, 4) is 0 Å². The van der Waals surface area contributed by atoms with Gasteiger partial charge in [0.25, 0.3) is 0 Å². The monoisotopic (exact) mass is 262 g/mol. The molecule has 19 heavy (non-hydrogen) atoms. The lowest BCUT2D eigenvalue weighted by atomic mass is 10.2. The molecule has 1 aromatic heterocycles. The molecule has 1 atom stereocenters. The van der Waals surface area contributed by atoms with Gasteiger partial charge in [-0.05, 0) is 17.7 Å². The number of hydrogen-bond donors (Lipinski definition) is 1. The molecule has 0 spiro atoms. The summed E-state index contributed by atoms with van der Waals surface area (Å²) in [6.45, 7) is 2.89. The summed E-state index contributed by atoms with van der Waals surface area (Å²) in [7, 11) is 0. The standard InChI is InChI=1S/C13H15FN4O/c14-11-3-1-10(2-4-11)8-18-9-16-17-13(18)12-7-15-5-6-19-12/h1-4,9,12,15H,5-8H2. The van der Waals surface area contributed by atoms with Gasteiger partial charge in [0.05, 0.1) is 13.2 Å². The summed E-state index contributed by atoms with van der Waals surface area (Å²) >= 11 is 0. The summed E-state index contributed by atoms with van der Waals surface area (Å²) in [6, 6.07) is 6.44. The second-order valence-electron chi connectivity index (χ2n) is 4.51. The summed E-state index contributed by atoms with van der Waals surface area (Å²) in [5, 5.41) is 11.3. The maximum Gasteiger partial charge on any atom is 0.163 e. The second-order valence-corrected chi connectivity index (χ2v) is 4.51. The number of hydrogen-bond acceptors (Lipinski definition) is 4. The van der Waals surface area contributed by atoms with E-state index in [9.17, 15) is 4.39 Å². The quantitative estimate of drug-likeness (QED) is 0.901. The average Bonchev–Trinajstić information content (AvgIpc) is 2.90. The van der Waals surface area contributed by atoms with Crippen LogP contribution in [0.3, 0.4) is 0 Å². The number of aromatic nitrogens is 3. The summed E-state index contributed by atoms with van der Waals surface area (Å²) in [5.74, 6) is 0.573. The van der Waals surface area contributed by atoms with Crippen molar-refractivity contribution in [1.29, 1.82) is 0 Å². The third-order valence-corrected chi connectivity index (χ3v) is 3.13. The molecule has 1 aliphatic heterocycles. The van der Waals surface area contributed by atoms with Crippen LogP contribution in [0.2, 0.25) is 0 Å². The lowest BCUT2D eigenvalue weighted by Gasteiger charge is -2.23. The highest BCUT2D eigenvalue weighted by atomic mass is 19.1. The topological polar surface area (TPSA) is 52.0 Å². The highest BCUT2D eigenvalue weighted by molar-refractivity contribution is 5.17. The molecule has 2 heterocycles. The Morgan fingerprint density at radius 1 is 1.37 bits per heavy atom. The highest BCUT2D eigenvalue weighted by Gasteiger charge is 2.21. The summed E-state index contributed by atoms with van der Waals surface area (Å²) in [5.41, 5.74) is 1.01. The van der Waals surface area contributed by atoms with Gasteiger partial charge >= 0.3 is 0 Å². The molecule has 1 unspecified atom stereocenters. The molecule has 1 fully saturated rings. The minimum Gasteiger partial charge on any atom is -0.368 e. The molecule has 2 aromatic rings. The van der Waals surface area contributed by atoms with E-state index >= 15 is 0 Å². The van der Waals surface area contributed by atoms with Gasteiger partial charge in [0.1, 0.15) is 18.2 Å². The molecule has 0 aliphatic carbocycles. The fraction of sp³-hybridized carbons (Fsp3) is 0.385. The van der Waals surface area contributed by atoms with E-state index in [0.29, 0.717) is 13.2 Å². The van der Waals surface area contributed by atoms with Crippen molar-refractivity contribution in [2.24, 2.45) is 0 Å². The van der Waals surface area contributed by atoms with Gasteiger partial charge in [-0.1, -0.05) is 12.1 Å². The molecule has 5 nitrogen and oxygen atoms in total. The van der Waals surface area contributed by atoms with Gasteiger partial charge in [-0.25, -0.2) is 4.39 Å². The van der Waals surface area contributed by atoms with E-state index in [-0.39, 0.29) is 11.9 Å². The molecule has 0 saturated carbocycles. The van der Waals surface area contributed by atoms with Crippen molar-refractivity contribution in [1.82, 2.24) is 20.1 Å². The first-order valence-electron chi connectivity index (χ1n) is 6.27. The van der Waals surface area contributed by atoms with E-state index in [2.05, 4.69) is 15.5 Å². The maximum atomic E-state index is 12.9.